The lowest BCUT2D eigenvalue weighted by Crippen LogP contribution is -2.64. The average molecular weight is 471 g/mol. The van der Waals surface area contributed by atoms with Crippen molar-refractivity contribution in [2.75, 3.05) is 6.61 Å². The smallest absolute Gasteiger partial charge is 0.370 e. The van der Waals surface area contributed by atoms with Gasteiger partial charge in [-0.2, -0.15) is 0 Å². The third-order valence-electron chi connectivity index (χ3n) is 5.34. The molecule has 0 spiro atoms. The van der Waals surface area contributed by atoms with E-state index in [2.05, 4.69) is 10.0 Å². The van der Waals surface area contributed by atoms with Crippen molar-refractivity contribution in [3.8, 4) is 0 Å². The molecule has 0 saturated heterocycles. The van der Waals surface area contributed by atoms with Crippen molar-refractivity contribution in [3.63, 3.8) is 0 Å². The molecule has 32 heavy (non-hydrogen) atoms. The summed E-state index contributed by atoms with van der Waals surface area (Å²) < 4.78 is 33.5. The number of aliphatic hydroxyl groups excluding tert-OH is 3. The van der Waals surface area contributed by atoms with Gasteiger partial charge in [0.2, 0.25) is 21.7 Å². The molecule has 11 nitrogen and oxygen atoms in total. The number of benzene rings is 1. The van der Waals surface area contributed by atoms with Crippen molar-refractivity contribution in [1.82, 2.24) is 10.0 Å². The number of nitrogens with one attached hydrogen (secondary N) is 2. The summed E-state index contributed by atoms with van der Waals surface area (Å²) in [4.78, 5) is 23.9. The van der Waals surface area contributed by atoms with Gasteiger partial charge < -0.3 is 30.5 Å². The van der Waals surface area contributed by atoms with Crippen LogP contribution in [0.15, 0.2) is 41.0 Å². The van der Waals surface area contributed by atoms with Gasteiger partial charge in [-0.1, -0.05) is 17.7 Å². The van der Waals surface area contributed by atoms with E-state index in [0.717, 1.165) is 11.6 Å². The number of carboxylic acid groups (broad SMARTS) is 1. The third kappa shape index (κ3) is 5.45. The second-order valence-corrected chi connectivity index (χ2v) is 9.64. The second-order valence-electron chi connectivity index (χ2n) is 7.93. The van der Waals surface area contributed by atoms with Crippen LogP contribution < -0.4 is 10.0 Å². The highest BCUT2D eigenvalue weighted by Gasteiger charge is 2.46. The zero-order valence-corrected chi connectivity index (χ0v) is 18.0. The average Bonchev–Trinajstić information content (AvgIpc) is 3.59. The monoisotopic (exact) mass is 470 g/mol. The molecule has 1 fully saturated rings. The van der Waals surface area contributed by atoms with Gasteiger partial charge in [-0.3, -0.25) is 4.79 Å². The van der Waals surface area contributed by atoms with Crippen molar-refractivity contribution in [2.24, 2.45) is 5.92 Å². The molecule has 1 amide bonds. The summed E-state index contributed by atoms with van der Waals surface area (Å²) in [7, 11) is -4.16. The highest BCUT2D eigenvalue weighted by molar-refractivity contribution is 7.89. The van der Waals surface area contributed by atoms with Gasteiger partial charge in [0, 0.05) is 5.92 Å². The van der Waals surface area contributed by atoms with Crippen molar-refractivity contribution >= 4 is 21.9 Å². The molecule has 12 heteroatoms. The number of sulfonamides is 1. The molecule has 6 N–H and O–H groups in total. The number of carboxylic acids is 1. The fourth-order valence-corrected chi connectivity index (χ4v) is 4.54. The molecule has 1 saturated carbocycles. The summed E-state index contributed by atoms with van der Waals surface area (Å²) in [6.07, 6.45) is -2.83. The van der Waals surface area contributed by atoms with Crippen LogP contribution in [0.4, 0.5) is 0 Å². The van der Waals surface area contributed by atoms with E-state index in [1.54, 1.807) is 19.1 Å². The van der Waals surface area contributed by atoms with Crippen LogP contribution in [0.2, 0.25) is 0 Å². The van der Waals surface area contributed by atoms with E-state index >= 15 is 0 Å². The van der Waals surface area contributed by atoms with Crippen molar-refractivity contribution in [2.45, 2.75) is 55.1 Å². The Morgan fingerprint density at radius 2 is 1.81 bits per heavy atom. The maximum absolute atomic E-state index is 12.9. The van der Waals surface area contributed by atoms with Crippen LogP contribution in [0.1, 0.15) is 18.4 Å². The van der Waals surface area contributed by atoms with E-state index in [0.29, 0.717) is 12.8 Å². The Kier molecular flexibility index (Phi) is 7.20. The topological polar surface area (TPSA) is 182 Å². The molecule has 0 unspecified atom stereocenters. The predicted octanol–water partition coefficient (Wildman–Crippen LogP) is -1.38. The molecule has 1 heterocycles. The lowest BCUT2D eigenvalue weighted by molar-refractivity contribution is -0.146. The number of hydrogen-bond acceptors (Lipinski definition) is 8. The minimum atomic E-state index is -4.16. The Labute approximate surface area is 184 Å². The van der Waals surface area contributed by atoms with E-state index < -0.39 is 64.7 Å². The van der Waals surface area contributed by atoms with Crippen molar-refractivity contribution in [3.05, 3.63) is 41.7 Å². The van der Waals surface area contributed by atoms with E-state index in [9.17, 15) is 38.4 Å². The summed E-state index contributed by atoms with van der Waals surface area (Å²) >= 11 is 0. The summed E-state index contributed by atoms with van der Waals surface area (Å²) in [5.41, 5.74) is 0.832. The number of hydrogen-bond donors (Lipinski definition) is 6. The number of carbonyl (C=O) groups excluding carboxylic acids is 1. The molecule has 1 aromatic carbocycles. The Morgan fingerprint density at radius 1 is 1.19 bits per heavy atom. The van der Waals surface area contributed by atoms with Gasteiger partial charge >= 0.3 is 5.97 Å². The van der Waals surface area contributed by atoms with Gasteiger partial charge in [-0.15, -0.1) is 0 Å². The number of rotatable bonds is 9. The van der Waals surface area contributed by atoms with Gasteiger partial charge in [0.15, 0.2) is 0 Å². The quantitative estimate of drug-likeness (QED) is 0.253. The zero-order valence-electron chi connectivity index (χ0n) is 17.2. The largest absolute Gasteiger partial charge is 0.478 e. The van der Waals surface area contributed by atoms with Crippen LogP contribution in [-0.2, 0) is 24.3 Å². The molecule has 1 aromatic rings. The molecular formula is C20H26N2O9S. The molecular weight excluding hydrogens is 444 g/mol. The minimum absolute atomic E-state index is 0.0837. The van der Waals surface area contributed by atoms with Gasteiger partial charge in [-0.25, -0.2) is 17.9 Å². The normalized spacial score (nSPS) is 25.2. The first-order valence-corrected chi connectivity index (χ1v) is 11.5. The lowest BCUT2D eigenvalue weighted by atomic mass is 9.92. The first-order chi connectivity index (χ1) is 15.0. The van der Waals surface area contributed by atoms with Gasteiger partial charge in [0.1, 0.15) is 18.3 Å². The Balaban J connectivity index is 1.98. The van der Waals surface area contributed by atoms with E-state index in [1.165, 1.54) is 12.1 Å². The lowest BCUT2D eigenvalue weighted by Gasteiger charge is -2.40. The molecule has 2 aliphatic rings. The molecule has 0 bridgehead atoms. The zero-order chi connectivity index (χ0) is 23.6. The van der Waals surface area contributed by atoms with Gasteiger partial charge in [0.25, 0.3) is 0 Å². The molecule has 5 atom stereocenters. The fraction of sp³-hybridized carbons (Fsp3) is 0.500. The number of ether oxygens (including phenoxy) is 1. The van der Waals surface area contributed by atoms with E-state index in [-0.39, 0.29) is 10.8 Å². The number of aliphatic carboxylic acids is 1. The molecule has 1 aliphatic carbocycles. The van der Waals surface area contributed by atoms with Crippen LogP contribution in [0.3, 0.4) is 0 Å². The molecule has 3 rings (SSSR count). The Bertz CT molecular complexity index is 989. The minimum Gasteiger partial charge on any atom is -0.478 e. The summed E-state index contributed by atoms with van der Waals surface area (Å²) in [5.74, 6) is -2.91. The maximum atomic E-state index is 12.9. The molecule has 176 valence electrons. The van der Waals surface area contributed by atoms with Crippen LogP contribution in [0.25, 0.3) is 0 Å². The van der Waals surface area contributed by atoms with Crippen LogP contribution in [0, 0.1) is 12.8 Å². The Hall–Kier alpha value is -2.51. The fourth-order valence-electron chi connectivity index (χ4n) is 3.33. The molecule has 0 radical (unpaired) electrons. The summed E-state index contributed by atoms with van der Waals surface area (Å²) in [5, 5.41) is 41.6. The van der Waals surface area contributed by atoms with E-state index in [1.807, 2.05) is 0 Å². The highest BCUT2D eigenvalue weighted by atomic mass is 32.2. The Morgan fingerprint density at radius 3 is 2.34 bits per heavy atom. The first-order valence-electron chi connectivity index (χ1n) is 10.0. The summed E-state index contributed by atoms with van der Waals surface area (Å²) in [6, 6.07) is 3.34. The standard InChI is InChI=1S/C20H26N2O9S/c1-10-2-6-12(7-3-10)32(29,30)22-13-8-15(20(27)28)31-18(17(25)14(24)9-23)16(13)21-19(26)11-4-5-11/h2-3,6-8,11,13-14,16-18,22-25H,4-5,9H2,1H3,(H,21,26)(H,27,28)/t13-,14+,16+,17+,18+/m0/s1. The maximum Gasteiger partial charge on any atom is 0.370 e. The number of aliphatic hydroxyl groups is 3. The van der Waals surface area contributed by atoms with Crippen LogP contribution in [-0.4, -0.2) is 77.7 Å². The second kappa shape index (κ2) is 9.55. The number of aryl methyl sites for hydroxylation is 1. The van der Waals surface area contributed by atoms with Crippen molar-refractivity contribution in [1.29, 1.82) is 0 Å². The SMILES string of the molecule is Cc1ccc(S(=O)(=O)N[C@H]2C=C(C(=O)O)O[C@@H]([C@H](O)[C@H](O)CO)[C@@H]2NC(=O)C2CC2)cc1. The van der Waals surface area contributed by atoms with Crippen LogP contribution in [0.5, 0.6) is 0 Å². The highest BCUT2D eigenvalue weighted by Crippen LogP contribution is 2.31. The molecule has 0 aromatic heterocycles. The summed E-state index contributed by atoms with van der Waals surface area (Å²) in [6.45, 7) is 0.919. The number of amides is 1. The first kappa shape index (κ1) is 24.1. The predicted molar refractivity (Wildman–Crippen MR) is 110 cm³/mol. The van der Waals surface area contributed by atoms with Crippen LogP contribution >= 0.6 is 0 Å². The third-order valence-corrected chi connectivity index (χ3v) is 6.82. The van der Waals surface area contributed by atoms with Gasteiger partial charge in [0.05, 0.1) is 23.6 Å². The van der Waals surface area contributed by atoms with E-state index in [4.69, 9.17) is 4.74 Å². The van der Waals surface area contributed by atoms with Gasteiger partial charge in [-0.05, 0) is 38.0 Å². The number of carbonyl (C=O) groups is 2. The molecule has 1 aliphatic heterocycles. The van der Waals surface area contributed by atoms with Crippen molar-refractivity contribution < 1.29 is 43.2 Å².